The van der Waals surface area contributed by atoms with Gasteiger partial charge in [-0.3, -0.25) is 0 Å². The van der Waals surface area contributed by atoms with Gasteiger partial charge in [-0.15, -0.1) is 0 Å². The summed E-state index contributed by atoms with van der Waals surface area (Å²) in [5, 5.41) is 15.5. The predicted molar refractivity (Wildman–Crippen MR) is 84.0 cm³/mol. The van der Waals surface area contributed by atoms with E-state index >= 15 is 0 Å². The summed E-state index contributed by atoms with van der Waals surface area (Å²) in [6, 6.07) is 8.32. The first-order valence-electron chi connectivity index (χ1n) is 7.52. The Labute approximate surface area is 122 Å². The lowest BCUT2D eigenvalue weighted by Gasteiger charge is -2.19. The van der Waals surface area contributed by atoms with Crippen molar-refractivity contribution in [1.82, 2.24) is 5.32 Å². The molecule has 0 saturated carbocycles. The molecule has 112 valence electrons. The van der Waals surface area contributed by atoms with Crippen molar-refractivity contribution in [2.45, 2.75) is 58.5 Å². The lowest BCUT2D eigenvalue weighted by molar-refractivity contribution is 0.318. The molecule has 0 aliphatic heterocycles. The van der Waals surface area contributed by atoms with Crippen LogP contribution >= 0.6 is 0 Å². The lowest BCUT2D eigenvalue weighted by atomic mass is 10.0. The molecule has 4 heteroatoms. The van der Waals surface area contributed by atoms with Crippen LogP contribution in [0.25, 0.3) is 0 Å². The van der Waals surface area contributed by atoms with Crippen molar-refractivity contribution in [3.05, 3.63) is 35.4 Å². The second kappa shape index (κ2) is 9.37. The highest BCUT2D eigenvalue weighted by molar-refractivity contribution is 5.98. The van der Waals surface area contributed by atoms with Crippen LogP contribution in [0.3, 0.4) is 0 Å². The van der Waals surface area contributed by atoms with Crippen molar-refractivity contribution in [2.24, 2.45) is 10.9 Å². The average Bonchev–Trinajstić information content (AvgIpc) is 2.49. The van der Waals surface area contributed by atoms with Gasteiger partial charge in [0.1, 0.15) is 0 Å². The van der Waals surface area contributed by atoms with E-state index in [0.29, 0.717) is 6.04 Å². The van der Waals surface area contributed by atoms with Crippen molar-refractivity contribution in [1.29, 1.82) is 0 Å². The number of nitrogens with one attached hydrogen (secondary N) is 1. The minimum atomic E-state index is 0.169. The van der Waals surface area contributed by atoms with Gasteiger partial charge < -0.3 is 16.3 Å². The number of hydrogen-bond donors (Lipinski definition) is 3. The van der Waals surface area contributed by atoms with Gasteiger partial charge >= 0.3 is 0 Å². The van der Waals surface area contributed by atoms with Crippen LogP contribution in [0.4, 0.5) is 0 Å². The summed E-state index contributed by atoms with van der Waals surface area (Å²) in [5.41, 5.74) is 7.58. The molecule has 0 bridgehead atoms. The molecule has 4 N–H and O–H groups in total. The van der Waals surface area contributed by atoms with Crippen molar-refractivity contribution in [2.75, 3.05) is 0 Å². The monoisotopic (exact) mass is 277 g/mol. The highest BCUT2D eigenvalue weighted by atomic mass is 16.4. The normalized spacial score (nSPS) is 13.4. The third-order valence-electron chi connectivity index (χ3n) is 3.53. The Bertz CT molecular complexity index is 418. The van der Waals surface area contributed by atoms with Crippen LogP contribution in [0.1, 0.15) is 57.1 Å². The zero-order valence-electron chi connectivity index (χ0n) is 12.6. The van der Waals surface area contributed by atoms with Crippen molar-refractivity contribution < 1.29 is 5.21 Å². The number of benzene rings is 1. The van der Waals surface area contributed by atoms with Crippen LogP contribution in [-0.2, 0) is 6.54 Å². The van der Waals surface area contributed by atoms with E-state index in [4.69, 9.17) is 10.9 Å². The molecule has 4 nitrogen and oxygen atoms in total. The molecule has 1 rings (SSSR count). The summed E-state index contributed by atoms with van der Waals surface area (Å²) < 4.78 is 0. The van der Waals surface area contributed by atoms with Crippen molar-refractivity contribution >= 4 is 5.84 Å². The SMILES string of the molecule is CCCCC(CCC)NCc1ccccc1/C(N)=N/O. The molecule has 1 aromatic carbocycles. The third kappa shape index (κ3) is 5.21. The molecule has 0 saturated heterocycles. The van der Waals surface area contributed by atoms with E-state index in [0.717, 1.165) is 17.7 Å². The number of nitrogens with two attached hydrogens (primary N) is 1. The van der Waals surface area contributed by atoms with Crippen LogP contribution < -0.4 is 11.1 Å². The summed E-state index contributed by atoms with van der Waals surface area (Å²) in [7, 11) is 0. The van der Waals surface area contributed by atoms with Crippen LogP contribution in [0.2, 0.25) is 0 Å². The van der Waals surface area contributed by atoms with Gasteiger partial charge in [-0.2, -0.15) is 0 Å². The standard InChI is InChI=1S/C16H27N3O/c1-3-5-10-14(8-4-2)18-12-13-9-6-7-11-15(13)16(17)19-20/h6-7,9,11,14,18,20H,3-5,8,10,12H2,1-2H3,(H2,17,19). The average molecular weight is 277 g/mol. The molecule has 0 heterocycles. The Hall–Kier alpha value is -1.55. The van der Waals surface area contributed by atoms with Crippen molar-refractivity contribution in [3.63, 3.8) is 0 Å². The molecule has 0 amide bonds. The van der Waals surface area contributed by atoms with Gasteiger partial charge in [0, 0.05) is 18.2 Å². The fourth-order valence-corrected chi connectivity index (χ4v) is 2.38. The Morgan fingerprint density at radius 2 is 2.00 bits per heavy atom. The molecule has 1 aromatic rings. The summed E-state index contributed by atoms with van der Waals surface area (Å²) >= 11 is 0. The van der Waals surface area contributed by atoms with Crippen LogP contribution in [0.5, 0.6) is 0 Å². The topological polar surface area (TPSA) is 70.6 Å². The highest BCUT2D eigenvalue weighted by Crippen LogP contribution is 2.11. The fraction of sp³-hybridized carbons (Fsp3) is 0.562. The molecule has 0 aromatic heterocycles. The second-order valence-corrected chi connectivity index (χ2v) is 5.15. The summed E-state index contributed by atoms with van der Waals surface area (Å²) in [5.74, 6) is 0.169. The van der Waals surface area contributed by atoms with Gasteiger partial charge in [0.05, 0.1) is 0 Å². The van der Waals surface area contributed by atoms with Gasteiger partial charge in [0.15, 0.2) is 5.84 Å². The van der Waals surface area contributed by atoms with E-state index in [1.807, 2.05) is 24.3 Å². The maximum atomic E-state index is 8.83. The van der Waals surface area contributed by atoms with E-state index in [9.17, 15) is 0 Å². The Morgan fingerprint density at radius 1 is 1.25 bits per heavy atom. The predicted octanol–water partition coefficient (Wildman–Crippen LogP) is 3.23. The Morgan fingerprint density at radius 3 is 2.65 bits per heavy atom. The molecule has 0 aliphatic carbocycles. The van der Waals surface area contributed by atoms with Crippen molar-refractivity contribution in [3.8, 4) is 0 Å². The molecule has 20 heavy (non-hydrogen) atoms. The smallest absolute Gasteiger partial charge is 0.170 e. The number of oxime groups is 1. The number of nitrogens with zero attached hydrogens (tertiary/aromatic N) is 1. The molecule has 0 radical (unpaired) electrons. The van der Waals surface area contributed by atoms with Gasteiger partial charge in [-0.25, -0.2) is 0 Å². The quantitative estimate of drug-likeness (QED) is 0.281. The minimum Gasteiger partial charge on any atom is -0.409 e. The van der Waals surface area contributed by atoms with Gasteiger partial charge in [0.2, 0.25) is 0 Å². The number of rotatable bonds is 9. The Balaban J connectivity index is 2.67. The fourth-order valence-electron chi connectivity index (χ4n) is 2.38. The van der Waals surface area contributed by atoms with Gasteiger partial charge in [-0.1, -0.05) is 62.5 Å². The maximum Gasteiger partial charge on any atom is 0.170 e. The number of amidine groups is 1. The van der Waals surface area contributed by atoms with Crippen LogP contribution in [0, 0.1) is 0 Å². The second-order valence-electron chi connectivity index (χ2n) is 5.15. The van der Waals surface area contributed by atoms with Gasteiger partial charge in [-0.05, 0) is 18.4 Å². The molecule has 0 fully saturated rings. The number of unbranched alkanes of at least 4 members (excludes halogenated alkanes) is 1. The Kier molecular flexibility index (Phi) is 7.73. The summed E-state index contributed by atoms with van der Waals surface area (Å²) in [4.78, 5) is 0. The molecule has 1 atom stereocenters. The zero-order chi connectivity index (χ0) is 14.8. The number of hydrogen-bond acceptors (Lipinski definition) is 3. The molecular formula is C16H27N3O. The summed E-state index contributed by atoms with van der Waals surface area (Å²) in [6.45, 7) is 5.18. The first-order chi connectivity index (χ1) is 9.72. The van der Waals surface area contributed by atoms with Gasteiger partial charge in [0.25, 0.3) is 0 Å². The summed E-state index contributed by atoms with van der Waals surface area (Å²) in [6.07, 6.45) is 6.05. The molecule has 1 unspecified atom stereocenters. The van der Waals surface area contributed by atoms with Crippen LogP contribution in [-0.4, -0.2) is 17.1 Å². The first kappa shape index (κ1) is 16.5. The van der Waals surface area contributed by atoms with E-state index in [1.54, 1.807) is 0 Å². The van der Waals surface area contributed by atoms with E-state index in [2.05, 4.69) is 24.3 Å². The van der Waals surface area contributed by atoms with E-state index in [-0.39, 0.29) is 5.84 Å². The van der Waals surface area contributed by atoms with E-state index < -0.39 is 0 Å². The molecule has 0 aliphatic rings. The largest absolute Gasteiger partial charge is 0.409 e. The molecular weight excluding hydrogens is 250 g/mol. The maximum absolute atomic E-state index is 8.83. The molecule has 0 spiro atoms. The zero-order valence-corrected chi connectivity index (χ0v) is 12.6. The highest BCUT2D eigenvalue weighted by Gasteiger charge is 2.10. The first-order valence-corrected chi connectivity index (χ1v) is 7.52. The minimum absolute atomic E-state index is 0.169. The van der Waals surface area contributed by atoms with E-state index in [1.165, 1.54) is 32.1 Å². The lowest BCUT2D eigenvalue weighted by Crippen LogP contribution is -2.29. The van der Waals surface area contributed by atoms with Crippen LogP contribution in [0.15, 0.2) is 29.4 Å². The third-order valence-corrected chi connectivity index (χ3v) is 3.53.